The number of carbonyl (C=O) groups excluding carboxylic acids is 2. The van der Waals surface area contributed by atoms with Crippen molar-refractivity contribution in [1.29, 1.82) is 0 Å². The Kier molecular flexibility index (Phi) is 3.28. The van der Waals surface area contributed by atoms with Crippen LogP contribution in [0.25, 0.3) is 11.0 Å². The van der Waals surface area contributed by atoms with Crippen molar-refractivity contribution in [2.45, 2.75) is 31.8 Å². The van der Waals surface area contributed by atoms with E-state index in [2.05, 4.69) is 10.6 Å². The molecule has 2 heterocycles. The van der Waals surface area contributed by atoms with Gasteiger partial charge < -0.3 is 4.42 Å². The number of benzene rings is 1. The summed E-state index contributed by atoms with van der Waals surface area (Å²) in [6.45, 7) is 1.95. The molecule has 2 atom stereocenters. The van der Waals surface area contributed by atoms with E-state index in [-0.39, 0.29) is 23.9 Å². The first-order valence-electron chi connectivity index (χ1n) is 6.72. The molecule has 20 heavy (non-hydrogen) atoms. The van der Waals surface area contributed by atoms with Crippen LogP contribution in [-0.2, 0) is 9.59 Å². The molecule has 1 aliphatic heterocycles. The van der Waals surface area contributed by atoms with Gasteiger partial charge in [-0.25, -0.2) is 0 Å². The number of nitrogens with one attached hydrogen (secondary N) is 2. The first-order valence-corrected chi connectivity index (χ1v) is 6.72. The minimum atomic E-state index is -0.351. The quantitative estimate of drug-likeness (QED) is 0.837. The van der Waals surface area contributed by atoms with E-state index in [1.54, 1.807) is 0 Å². The Morgan fingerprint density at radius 1 is 1.35 bits per heavy atom. The molecule has 1 saturated heterocycles. The van der Waals surface area contributed by atoms with Crippen molar-refractivity contribution >= 4 is 22.8 Å². The summed E-state index contributed by atoms with van der Waals surface area (Å²) >= 11 is 0. The predicted molar refractivity (Wildman–Crippen MR) is 73.9 cm³/mol. The van der Waals surface area contributed by atoms with E-state index in [0.29, 0.717) is 12.8 Å². The van der Waals surface area contributed by atoms with Gasteiger partial charge in [-0.3, -0.25) is 20.2 Å². The molecule has 104 valence electrons. The van der Waals surface area contributed by atoms with Crippen LogP contribution in [0.1, 0.15) is 31.6 Å². The lowest BCUT2D eigenvalue weighted by Gasteiger charge is -2.24. The van der Waals surface area contributed by atoms with Gasteiger partial charge in [-0.05, 0) is 25.5 Å². The van der Waals surface area contributed by atoms with E-state index in [1.807, 2.05) is 37.3 Å². The molecule has 0 radical (unpaired) electrons. The molecule has 5 heteroatoms. The van der Waals surface area contributed by atoms with E-state index in [4.69, 9.17) is 4.42 Å². The summed E-state index contributed by atoms with van der Waals surface area (Å²) in [6.07, 6.45) is 0.894. The molecule has 0 saturated carbocycles. The van der Waals surface area contributed by atoms with Crippen LogP contribution < -0.4 is 10.6 Å². The maximum Gasteiger partial charge on any atom is 0.243 e. The molecular weight excluding hydrogens is 256 g/mol. The van der Waals surface area contributed by atoms with Crippen molar-refractivity contribution in [3.8, 4) is 0 Å². The lowest BCUT2D eigenvalue weighted by molar-refractivity contribution is -0.134. The second kappa shape index (κ2) is 5.09. The van der Waals surface area contributed by atoms with Crippen LogP contribution in [0.15, 0.2) is 34.7 Å². The fourth-order valence-electron chi connectivity index (χ4n) is 2.45. The molecule has 2 amide bonds. The zero-order chi connectivity index (χ0) is 14.1. The van der Waals surface area contributed by atoms with E-state index < -0.39 is 0 Å². The molecule has 1 aromatic heterocycles. The highest BCUT2D eigenvalue weighted by atomic mass is 16.3. The van der Waals surface area contributed by atoms with Gasteiger partial charge in [0.25, 0.3) is 0 Å². The summed E-state index contributed by atoms with van der Waals surface area (Å²) in [5, 5.41) is 6.59. The van der Waals surface area contributed by atoms with E-state index in [1.165, 1.54) is 0 Å². The van der Waals surface area contributed by atoms with Crippen LogP contribution in [0.5, 0.6) is 0 Å². The fraction of sp³-hybridized carbons (Fsp3) is 0.333. The summed E-state index contributed by atoms with van der Waals surface area (Å²) in [5.74, 6) is 0.324. The molecule has 0 aliphatic carbocycles. The van der Waals surface area contributed by atoms with Crippen LogP contribution >= 0.6 is 0 Å². The molecule has 0 spiro atoms. The highest BCUT2D eigenvalue weighted by Crippen LogP contribution is 2.24. The highest BCUT2D eigenvalue weighted by Gasteiger charge is 2.28. The fourth-order valence-corrected chi connectivity index (χ4v) is 2.45. The molecule has 2 unspecified atom stereocenters. The third-order valence-electron chi connectivity index (χ3n) is 3.56. The maximum absolute atomic E-state index is 11.7. The van der Waals surface area contributed by atoms with Crippen molar-refractivity contribution < 1.29 is 14.0 Å². The number of hydrogen-bond acceptors (Lipinski definition) is 4. The Labute approximate surface area is 116 Å². The summed E-state index contributed by atoms with van der Waals surface area (Å²) in [7, 11) is 0. The standard InChI is InChI=1S/C15H16N2O3/c1-9(16-11-6-7-14(18)17-15(11)19)13-8-10-4-2-3-5-12(10)20-13/h2-5,8-9,11,16H,6-7H2,1H3,(H,17,18,19). The van der Waals surface area contributed by atoms with Crippen LogP contribution in [0.4, 0.5) is 0 Å². The van der Waals surface area contributed by atoms with Crippen molar-refractivity contribution in [2.75, 3.05) is 0 Å². The Bertz CT molecular complexity index is 629. The van der Waals surface area contributed by atoms with Crippen molar-refractivity contribution in [3.63, 3.8) is 0 Å². The number of para-hydroxylation sites is 1. The predicted octanol–water partition coefficient (Wildman–Crippen LogP) is 1.89. The van der Waals surface area contributed by atoms with Gasteiger partial charge in [-0.1, -0.05) is 18.2 Å². The van der Waals surface area contributed by atoms with E-state index in [0.717, 1.165) is 16.7 Å². The number of fused-ring (bicyclic) bond motifs is 1. The molecule has 5 nitrogen and oxygen atoms in total. The molecular formula is C15H16N2O3. The van der Waals surface area contributed by atoms with Crippen molar-refractivity contribution in [3.05, 3.63) is 36.1 Å². The Hall–Kier alpha value is -2.14. The molecule has 0 bridgehead atoms. The van der Waals surface area contributed by atoms with Crippen molar-refractivity contribution in [2.24, 2.45) is 0 Å². The first-order chi connectivity index (χ1) is 9.63. The van der Waals surface area contributed by atoms with Gasteiger partial charge in [0.2, 0.25) is 11.8 Å². The number of furan rings is 1. The van der Waals surface area contributed by atoms with Gasteiger partial charge in [0.05, 0.1) is 12.1 Å². The number of amides is 2. The largest absolute Gasteiger partial charge is 0.459 e. The Morgan fingerprint density at radius 2 is 2.15 bits per heavy atom. The normalized spacial score (nSPS) is 20.9. The minimum Gasteiger partial charge on any atom is -0.459 e. The van der Waals surface area contributed by atoms with Crippen LogP contribution in [0.2, 0.25) is 0 Å². The lowest BCUT2D eigenvalue weighted by atomic mass is 10.0. The van der Waals surface area contributed by atoms with Gasteiger partial charge in [0.15, 0.2) is 0 Å². The lowest BCUT2D eigenvalue weighted by Crippen LogP contribution is -2.51. The molecule has 3 rings (SSSR count). The number of piperidine rings is 1. The summed E-state index contributed by atoms with van der Waals surface area (Å²) in [4.78, 5) is 22.8. The molecule has 1 fully saturated rings. The second-order valence-electron chi connectivity index (χ2n) is 5.08. The van der Waals surface area contributed by atoms with Crippen LogP contribution in [0.3, 0.4) is 0 Å². The van der Waals surface area contributed by atoms with Gasteiger partial charge in [-0.15, -0.1) is 0 Å². The third-order valence-corrected chi connectivity index (χ3v) is 3.56. The van der Waals surface area contributed by atoms with E-state index in [9.17, 15) is 9.59 Å². The summed E-state index contributed by atoms with van der Waals surface area (Å²) in [6, 6.07) is 9.31. The number of rotatable bonds is 3. The summed E-state index contributed by atoms with van der Waals surface area (Å²) < 4.78 is 5.77. The second-order valence-corrected chi connectivity index (χ2v) is 5.08. The Balaban J connectivity index is 1.74. The molecule has 1 aliphatic rings. The third kappa shape index (κ3) is 2.44. The monoisotopic (exact) mass is 272 g/mol. The first kappa shape index (κ1) is 12.9. The SMILES string of the molecule is CC(NC1CCC(=O)NC1=O)c1cc2ccccc2o1. The number of hydrogen-bond donors (Lipinski definition) is 2. The van der Waals surface area contributed by atoms with E-state index >= 15 is 0 Å². The average molecular weight is 272 g/mol. The van der Waals surface area contributed by atoms with Crippen LogP contribution in [0, 0.1) is 0 Å². The molecule has 1 aromatic carbocycles. The average Bonchev–Trinajstić information content (AvgIpc) is 2.86. The van der Waals surface area contributed by atoms with Gasteiger partial charge in [0.1, 0.15) is 11.3 Å². The highest BCUT2D eigenvalue weighted by molar-refractivity contribution is 6.00. The van der Waals surface area contributed by atoms with Crippen LogP contribution in [-0.4, -0.2) is 17.9 Å². The van der Waals surface area contributed by atoms with Crippen molar-refractivity contribution in [1.82, 2.24) is 10.6 Å². The topological polar surface area (TPSA) is 71.3 Å². The maximum atomic E-state index is 11.7. The zero-order valence-corrected chi connectivity index (χ0v) is 11.2. The molecule has 2 aromatic rings. The summed E-state index contributed by atoms with van der Waals surface area (Å²) in [5.41, 5.74) is 0.833. The minimum absolute atomic E-state index is 0.0913. The van der Waals surface area contributed by atoms with Gasteiger partial charge in [0, 0.05) is 11.8 Å². The smallest absolute Gasteiger partial charge is 0.243 e. The number of carbonyl (C=O) groups is 2. The van der Waals surface area contributed by atoms with Gasteiger partial charge >= 0.3 is 0 Å². The van der Waals surface area contributed by atoms with Gasteiger partial charge in [-0.2, -0.15) is 0 Å². The molecule has 2 N–H and O–H groups in total. The Morgan fingerprint density at radius 3 is 2.90 bits per heavy atom. The number of imide groups is 1. The zero-order valence-electron chi connectivity index (χ0n) is 11.2.